The molecule has 5 nitrogen and oxygen atoms in total. The van der Waals surface area contributed by atoms with E-state index in [4.69, 9.17) is 5.11 Å². The average molecular weight is 275 g/mol. The molecular weight excluding hydrogens is 254 g/mol. The Bertz CT molecular complexity index is 579. The summed E-state index contributed by atoms with van der Waals surface area (Å²) in [5.41, 5.74) is 1.98. The third kappa shape index (κ3) is 3.36. The van der Waals surface area contributed by atoms with Crippen LogP contribution in [0.3, 0.4) is 0 Å². The lowest BCUT2D eigenvalue weighted by atomic mass is 10.1. The standard InChI is InChI=1S/C15H21N3O2/c1-11(9-19)12(2)17-15(20)7-8-18-10-16-13-5-3-4-6-14(13)18/h3-6,10-12,19H,7-9H2,1-2H3,(H,17,20). The molecule has 5 heteroatoms. The number of benzene rings is 1. The molecule has 0 saturated carbocycles. The van der Waals surface area contributed by atoms with Gasteiger partial charge in [0.1, 0.15) is 0 Å². The summed E-state index contributed by atoms with van der Waals surface area (Å²) < 4.78 is 1.98. The van der Waals surface area contributed by atoms with E-state index in [2.05, 4.69) is 10.3 Å². The lowest BCUT2D eigenvalue weighted by molar-refractivity contribution is -0.122. The number of aryl methyl sites for hydroxylation is 1. The fourth-order valence-electron chi connectivity index (χ4n) is 2.04. The molecule has 0 bridgehead atoms. The van der Waals surface area contributed by atoms with Gasteiger partial charge in [-0.15, -0.1) is 0 Å². The average Bonchev–Trinajstić information content (AvgIpc) is 2.87. The van der Waals surface area contributed by atoms with E-state index in [1.165, 1.54) is 0 Å². The monoisotopic (exact) mass is 275 g/mol. The number of hydrogen-bond acceptors (Lipinski definition) is 3. The number of carbonyl (C=O) groups excluding carboxylic acids is 1. The molecule has 0 aliphatic heterocycles. The number of nitrogens with one attached hydrogen (secondary N) is 1. The molecule has 0 saturated heterocycles. The van der Waals surface area contributed by atoms with Crippen molar-refractivity contribution in [1.82, 2.24) is 14.9 Å². The number of carbonyl (C=O) groups is 1. The maximum absolute atomic E-state index is 11.9. The number of fused-ring (bicyclic) bond motifs is 1. The minimum absolute atomic E-state index is 0.00409. The van der Waals surface area contributed by atoms with Crippen molar-refractivity contribution >= 4 is 16.9 Å². The van der Waals surface area contributed by atoms with Crippen LogP contribution in [0.5, 0.6) is 0 Å². The molecule has 2 N–H and O–H groups in total. The van der Waals surface area contributed by atoms with E-state index < -0.39 is 0 Å². The van der Waals surface area contributed by atoms with Gasteiger partial charge >= 0.3 is 0 Å². The van der Waals surface area contributed by atoms with Crippen molar-refractivity contribution < 1.29 is 9.90 Å². The number of nitrogens with zero attached hydrogens (tertiary/aromatic N) is 2. The van der Waals surface area contributed by atoms with Gasteiger partial charge in [0, 0.05) is 25.6 Å². The van der Waals surface area contributed by atoms with Gasteiger partial charge in [0.15, 0.2) is 0 Å². The molecular formula is C15H21N3O2. The van der Waals surface area contributed by atoms with Crippen LogP contribution in [0, 0.1) is 5.92 Å². The number of para-hydroxylation sites is 2. The minimum atomic E-state index is -0.0213. The third-order valence-corrected chi connectivity index (χ3v) is 3.64. The Kier molecular flexibility index (Phi) is 4.74. The summed E-state index contributed by atoms with van der Waals surface area (Å²) in [6, 6.07) is 7.84. The highest BCUT2D eigenvalue weighted by Crippen LogP contribution is 2.12. The minimum Gasteiger partial charge on any atom is -0.396 e. The largest absolute Gasteiger partial charge is 0.396 e. The summed E-state index contributed by atoms with van der Waals surface area (Å²) in [4.78, 5) is 16.2. The number of amides is 1. The van der Waals surface area contributed by atoms with E-state index in [0.717, 1.165) is 11.0 Å². The maximum atomic E-state index is 11.9. The highest BCUT2D eigenvalue weighted by atomic mass is 16.3. The molecule has 2 unspecified atom stereocenters. The Morgan fingerprint density at radius 1 is 1.40 bits per heavy atom. The van der Waals surface area contributed by atoms with E-state index in [1.54, 1.807) is 6.33 Å². The molecule has 0 aliphatic carbocycles. The Morgan fingerprint density at radius 2 is 2.15 bits per heavy atom. The van der Waals surface area contributed by atoms with Crippen molar-refractivity contribution in [2.45, 2.75) is 32.9 Å². The van der Waals surface area contributed by atoms with Crippen LogP contribution in [-0.2, 0) is 11.3 Å². The van der Waals surface area contributed by atoms with Crippen LogP contribution in [-0.4, -0.2) is 33.2 Å². The van der Waals surface area contributed by atoms with Crippen molar-refractivity contribution in [2.75, 3.05) is 6.61 Å². The molecule has 1 aromatic carbocycles. The van der Waals surface area contributed by atoms with Crippen LogP contribution in [0.15, 0.2) is 30.6 Å². The summed E-state index contributed by atoms with van der Waals surface area (Å²) >= 11 is 0. The molecule has 1 aromatic heterocycles. The first-order valence-electron chi connectivity index (χ1n) is 6.92. The molecule has 0 radical (unpaired) electrons. The van der Waals surface area contributed by atoms with Gasteiger partial charge in [-0.3, -0.25) is 4.79 Å². The topological polar surface area (TPSA) is 67.2 Å². The van der Waals surface area contributed by atoms with E-state index in [-0.39, 0.29) is 24.5 Å². The SMILES string of the molecule is CC(CO)C(C)NC(=O)CCn1cnc2ccccc21. The summed E-state index contributed by atoms with van der Waals surface area (Å²) in [7, 11) is 0. The predicted molar refractivity (Wildman–Crippen MR) is 78.2 cm³/mol. The number of aromatic nitrogens is 2. The maximum Gasteiger partial charge on any atom is 0.222 e. The van der Waals surface area contributed by atoms with Crippen LogP contribution in [0.1, 0.15) is 20.3 Å². The molecule has 108 valence electrons. The first-order valence-corrected chi connectivity index (χ1v) is 6.92. The molecule has 2 aromatic rings. The number of aliphatic hydroxyl groups excluding tert-OH is 1. The second-order valence-corrected chi connectivity index (χ2v) is 5.19. The van der Waals surface area contributed by atoms with Gasteiger partial charge in [-0.2, -0.15) is 0 Å². The van der Waals surface area contributed by atoms with Crippen LogP contribution in [0.4, 0.5) is 0 Å². The zero-order valence-electron chi connectivity index (χ0n) is 11.9. The van der Waals surface area contributed by atoms with Gasteiger partial charge in [0.25, 0.3) is 0 Å². The lowest BCUT2D eigenvalue weighted by Crippen LogP contribution is -2.38. The fraction of sp³-hybridized carbons (Fsp3) is 0.467. The fourth-order valence-corrected chi connectivity index (χ4v) is 2.04. The van der Waals surface area contributed by atoms with Crippen LogP contribution in [0.2, 0.25) is 0 Å². The van der Waals surface area contributed by atoms with Crippen molar-refractivity contribution in [3.8, 4) is 0 Å². The third-order valence-electron chi connectivity index (χ3n) is 3.64. The smallest absolute Gasteiger partial charge is 0.222 e. The highest BCUT2D eigenvalue weighted by molar-refractivity contribution is 5.77. The van der Waals surface area contributed by atoms with Crippen LogP contribution >= 0.6 is 0 Å². The number of hydrogen-bond donors (Lipinski definition) is 2. The second-order valence-electron chi connectivity index (χ2n) is 5.19. The van der Waals surface area contributed by atoms with Gasteiger partial charge in [-0.25, -0.2) is 4.98 Å². The summed E-state index contributed by atoms with van der Waals surface area (Å²) in [6.45, 7) is 4.50. The first-order chi connectivity index (χ1) is 9.61. The lowest BCUT2D eigenvalue weighted by Gasteiger charge is -2.19. The Hall–Kier alpha value is -1.88. The molecule has 1 heterocycles. The Balaban J connectivity index is 1.90. The van der Waals surface area contributed by atoms with E-state index in [0.29, 0.717) is 13.0 Å². The Labute approximate surface area is 118 Å². The van der Waals surface area contributed by atoms with E-state index in [9.17, 15) is 4.79 Å². The van der Waals surface area contributed by atoms with Gasteiger partial charge in [0.05, 0.1) is 17.4 Å². The summed E-state index contributed by atoms with van der Waals surface area (Å²) in [5, 5.41) is 12.0. The molecule has 0 fully saturated rings. The van der Waals surface area contributed by atoms with Crippen LogP contribution in [0.25, 0.3) is 11.0 Å². The van der Waals surface area contributed by atoms with Crippen molar-refractivity contribution in [3.05, 3.63) is 30.6 Å². The van der Waals surface area contributed by atoms with E-state index >= 15 is 0 Å². The molecule has 1 amide bonds. The Morgan fingerprint density at radius 3 is 2.90 bits per heavy atom. The molecule has 20 heavy (non-hydrogen) atoms. The van der Waals surface area contributed by atoms with Gasteiger partial charge < -0.3 is 15.0 Å². The second kappa shape index (κ2) is 6.52. The van der Waals surface area contributed by atoms with Gasteiger partial charge in [-0.05, 0) is 25.0 Å². The molecule has 0 aliphatic rings. The first kappa shape index (κ1) is 14.5. The van der Waals surface area contributed by atoms with E-state index in [1.807, 2.05) is 42.7 Å². The van der Waals surface area contributed by atoms with Gasteiger partial charge in [0.2, 0.25) is 5.91 Å². The molecule has 2 atom stereocenters. The number of rotatable bonds is 6. The number of imidazole rings is 1. The zero-order valence-corrected chi connectivity index (χ0v) is 11.9. The van der Waals surface area contributed by atoms with Crippen LogP contribution < -0.4 is 5.32 Å². The normalized spacial score (nSPS) is 14.2. The van der Waals surface area contributed by atoms with Gasteiger partial charge in [-0.1, -0.05) is 19.1 Å². The number of aliphatic hydroxyl groups is 1. The quantitative estimate of drug-likeness (QED) is 0.840. The molecule has 0 spiro atoms. The van der Waals surface area contributed by atoms with Crippen molar-refractivity contribution in [1.29, 1.82) is 0 Å². The predicted octanol–water partition coefficient (Wildman–Crippen LogP) is 1.56. The van der Waals surface area contributed by atoms with Crippen molar-refractivity contribution in [2.24, 2.45) is 5.92 Å². The summed E-state index contributed by atoms with van der Waals surface area (Å²) in [5.74, 6) is 0.0589. The zero-order chi connectivity index (χ0) is 14.5. The summed E-state index contributed by atoms with van der Waals surface area (Å²) in [6.07, 6.45) is 2.17. The highest BCUT2D eigenvalue weighted by Gasteiger charge is 2.13. The van der Waals surface area contributed by atoms with Crippen molar-refractivity contribution in [3.63, 3.8) is 0 Å². The molecule has 2 rings (SSSR count).